The highest BCUT2D eigenvalue weighted by Gasteiger charge is 2.13. The van der Waals surface area contributed by atoms with Gasteiger partial charge < -0.3 is 0 Å². The number of Topliss-reactive ketones (excluding diaryl/α,β-unsaturated/α-hetero) is 1. The van der Waals surface area contributed by atoms with E-state index in [1.807, 2.05) is 0 Å². The van der Waals surface area contributed by atoms with E-state index in [-0.39, 0.29) is 22.2 Å². The zero-order valence-corrected chi connectivity index (χ0v) is 8.77. The summed E-state index contributed by atoms with van der Waals surface area (Å²) in [6.45, 7) is 3.39. The third-order valence-electron chi connectivity index (χ3n) is 1.64. The summed E-state index contributed by atoms with van der Waals surface area (Å²) >= 11 is 2.99. The topological polar surface area (TPSA) is 17.1 Å². The maximum Gasteiger partial charge on any atom is 0.167 e. The second-order valence-corrected chi connectivity index (χ2v) is 3.52. The molecule has 0 N–H and O–H groups in total. The van der Waals surface area contributed by atoms with Crippen molar-refractivity contribution in [3.8, 4) is 0 Å². The van der Waals surface area contributed by atoms with Gasteiger partial charge in [0, 0.05) is 16.5 Å². The van der Waals surface area contributed by atoms with Gasteiger partial charge in [0.05, 0.1) is 0 Å². The van der Waals surface area contributed by atoms with Crippen LogP contribution in [0.25, 0.3) is 0 Å². The van der Waals surface area contributed by atoms with Crippen LogP contribution in [0.5, 0.6) is 0 Å². The molecule has 0 heterocycles. The molecule has 0 spiro atoms. The standard InChI is InChI=1S/C10H7BrF2O/c1-2-3-10(14)6-4-8(12)9(13)5-7(6)11/h2,4-5H,1,3H2. The van der Waals surface area contributed by atoms with Gasteiger partial charge in [-0.1, -0.05) is 6.08 Å². The first-order valence-corrected chi connectivity index (χ1v) is 4.64. The van der Waals surface area contributed by atoms with Gasteiger partial charge in [-0.2, -0.15) is 0 Å². The third-order valence-corrected chi connectivity index (χ3v) is 2.30. The van der Waals surface area contributed by atoms with E-state index >= 15 is 0 Å². The Morgan fingerprint density at radius 1 is 1.43 bits per heavy atom. The number of hydrogen-bond donors (Lipinski definition) is 0. The monoisotopic (exact) mass is 260 g/mol. The van der Waals surface area contributed by atoms with E-state index in [0.29, 0.717) is 0 Å². The highest BCUT2D eigenvalue weighted by molar-refractivity contribution is 9.10. The summed E-state index contributed by atoms with van der Waals surface area (Å²) in [7, 11) is 0. The van der Waals surface area contributed by atoms with E-state index in [9.17, 15) is 13.6 Å². The van der Waals surface area contributed by atoms with Crippen molar-refractivity contribution in [2.24, 2.45) is 0 Å². The van der Waals surface area contributed by atoms with Crippen molar-refractivity contribution in [2.75, 3.05) is 0 Å². The Hall–Kier alpha value is -1.03. The predicted molar refractivity (Wildman–Crippen MR) is 53.2 cm³/mol. The molecule has 0 bridgehead atoms. The van der Waals surface area contributed by atoms with Gasteiger partial charge in [0.15, 0.2) is 17.4 Å². The fourth-order valence-electron chi connectivity index (χ4n) is 0.977. The molecular weight excluding hydrogens is 254 g/mol. The van der Waals surface area contributed by atoms with Crippen LogP contribution in [-0.4, -0.2) is 5.78 Å². The van der Waals surface area contributed by atoms with E-state index in [4.69, 9.17) is 0 Å². The largest absolute Gasteiger partial charge is 0.294 e. The highest BCUT2D eigenvalue weighted by atomic mass is 79.9. The van der Waals surface area contributed by atoms with Crippen LogP contribution in [0.2, 0.25) is 0 Å². The maximum atomic E-state index is 12.8. The average Bonchev–Trinajstić information content (AvgIpc) is 2.11. The van der Waals surface area contributed by atoms with Crippen LogP contribution < -0.4 is 0 Å². The summed E-state index contributed by atoms with van der Waals surface area (Å²) in [6.07, 6.45) is 1.51. The Balaban J connectivity index is 3.15. The van der Waals surface area contributed by atoms with E-state index in [1.165, 1.54) is 6.08 Å². The second kappa shape index (κ2) is 4.46. The average molecular weight is 261 g/mol. The first kappa shape index (κ1) is 11.0. The van der Waals surface area contributed by atoms with Crippen molar-refractivity contribution in [3.05, 3.63) is 46.5 Å². The van der Waals surface area contributed by atoms with Crippen molar-refractivity contribution < 1.29 is 13.6 Å². The molecule has 0 unspecified atom stereocenters. The predicted octanol–water partition coefficient (Wildman–Crippen LogP) is 3.49. The van der Waals surface area contributed by atoms with Crippen LogP contribution in [0.4, 0.5) is 8.78 Å². The molecule has 0 aromatic heterocycles. The minimum atomic E-state index is -1.03. The zero-order chi connectivity index (χ0) is 10.7. The maximum absolute atomic E-state index is 12.8. The molecule has 0 saturated carbocycles. The van der Waals surface area contributed by atoms with Gasteiger partial charge in [-0.15, -0.1) is 6.58 Å². The lowest BCUT2D eigenvalue weighted by molar-refractivity contribution is 0.0994. The summed E-state index contributed by atoms with van der Waals surface area (Å²) in [5.74, 6) is -2.31. The summed E-state index contributed by atoms with van der Waals surface area (Å²) < 4.78 is 25.7. The van der Waals surface area contributed by atoms with Crippen molar-refractivity contribution in [3.63, 3.8) is 0 Å². The van der Waals surface area contributed by atoms with Crippen molar-refractivity contribution in [1.82, 2.24) is 0 Å². The molecule has 1 aromatic carbocycles. The van der Waals surface area contributed by atoms with Gasteiger partial charge >= 0.3 is 0 Å². The fourth-order valence-corrected chi connectivity index (χ4v) is 1.51. The molecule has 14 heavy (non-hydrogen) atoms. The molecule has 74 valence electrons. The zero-order valence-electron chi connectivity index (χ0n) is 7.19. The Kier molecular flexibility index (Phi) is 3.52. The fraction of sp³-hybridized carbons (Fsp3) is 0.100. The molecule has 0 atom stereocenters. The smallest absolute Gasteiger partial charge is 0.167 e. The quantitative estimate of drug-likeness (QED) is 0.462. The molecule has 0 saturated heterocycles. The number of benzene rings is 1. The third kappa shape index (κ3) is 2.26. The number of hydrogen-bond acceptors (Lipinski definition) is 1. The van der Waals surface area contributed by atoms with E-state index < -0.39 is 11.6 Å². The Labute approximate surface area is 88.6 Å². The molecule has 0 amide bonds. The number of carbonyl (C=O) groups excluding carboxylic acids is 1. The minimum Gasteiger partial charge on any atom is -0.294 e. The Morgan fingerprint density at radius 3 is 2.57 bits per heavy atom. The summed E-state index contributed by atoms with van der Waals surface area (Å²) in [5, 5.41) is 0. The Bertz CT molecular complexity index is 388. The molecule has 0 radical (unpaired) electrons. The first-order chi connectivity index (χ1) is 6.56. The van der Waals surface area contributed by atoms with Crippen LogP contribution >= 0.6 is 15.9 Å². The van der Waals surface area contributed by atoms with Gasteiger partial charge in [-0.05, 0) is 28.1 Å². The summed E-state index contributed by atoms with van der Waals surface area (Å²) in [4.78, 5) is 11.3. The number of allylic oxidation sites excluding steroid dienone is 1. The first-order valence-electron chi connectivity index (χ1n) is 3.85. The molecule has 4 heteroatoms. The SMILES string of the molecule is C=CCC(=O)c1cc(F)c(F)cc1Br. The van der Waals surface area contributed by atoms with Crippen LogP contribution in [0.15, 0.2) is 29.3 Å². The number of ketones is 1. The number of carbonyl (C=O) groups is 1. The van der Waals surface area contributed by atoms with Gasteiger partial charge in [-0.3, -0.25) is 4.79 Å². The molecule has 0 aliphatic carbocycles. The molecule has 0 aliphatic rings. The van der Waals surface area contributed by atoms with E-state index in [1.54, 1.807) is 0 Å². The normalized spacial score (nSPS) is 9.93. The van der Waals surface area contributed by atoms with Crippen molar-refractivity contribution >= 4 is 21.7 Å². The molecule has 1 nitrogen and oxygen atoms in total. The molecular formula is C10H7BrF2O. The summed E-state index contributed by atoms with van der Waals surface area (Å²) in [5.41, 5.74) is 0.129. The molecule has 1 aromatic rings. The molecule has 0 fully saturated rings. The lowest BCUT2D eigenvalue weighted by Crippen LogP contribution is -2.00. The summed E-state index contributed by atoms with van der Waals surface area (Å²) in [6, 6.07) is 1.82. The van der Waals surface area contributed by atoms with Crippen LogP contribution in [-0.2, 0) is 0 Å². The molecule has 1 rings (SSSR count). The van der Waals surface area contributed by atoms with Crippen LogP contribution in [0.3, 0.4) is 0 Å². The van der Waals surface area contributed by atoms with E-state index in [2.05, 4.69) is 22.5 Å². The minimum absolute atomic E-state index is 0.101. The highest BCUT2D eigenvalue weighted by Crippen LogP contribution is 2.21. The van der Waals surface area contributed by atoms with Gasteiger partial charge in [-0.25, -0.2) is 8.78 Å². The van der Waals surface area contributed by atoms with Crippen LogP contribution in [0, 0.1) is 11.6 Å². The van der Waals surface area contributed by atoms with Crippen LogP contribution in [0.1, 0.15) is 16.8 Å². The van der Waals surface area contributed by atoms with Crippen molar-refractivity contribution in [1.29, 1.82) is 0 Å². The lowest BCUT2D eigenvalue weighted by atomic mass is 10.1. The second-order valence-electron chi connectivity index (χ2n) is 2.66. The Morgan fingerprint density at radius 2 is 2.00 bits per heavy atom. The van der Waals surface area contributed by atoms with Crippen molar-refractivity contribution in [2.45, 2.75) is 6.42 Å². The molecule has 0 aliphatic heterocycles. The lowest BCUT2D eigenvalue weighted by Gasteiger charge is -2.02. The van der Waals surface area contributed by atoms with Gasteiger partial charge in [0.1, 0.15) is 0 Å². The number of halogens is 3. The van der Waals surface area contributed by atoms with Gasteiger partial charge in [0.2, 0.25) is 0 Å². The van der Waals surface area contributed by atoms with Gasteiger partial charge in [0.25, 0.3) is 0 Å². The number of rotatable bonds is 3. The van der Waals surface area contributed by atoms with E-state index in [0.717, 1.165) is 12.1 Å².